The number of halogens is 1. The van der Waals surface area contributed by atoms with Crippen molar-refractivity contribution in [2.75, 3.05) is 79.3 Å². The number of fused-ring (bicyclic) bond motifs is 1. The van der Waals surface area contributed by atoms with E-state index in [1.807, 2.05) is 218 Å². The minimum absolute atomic E-state index is 0.513. The summed E-state index contributed by atoms with van der Waals surface area (Å²) in [7, 11) is 0. The van der Waals surface area contributed by atoms with Gasteiger partial charge in [-0.2, -0.15) is 0 Å². The molecule has 0 fully saturated rings. The van der Waals surface area contributed by atoms with Crippen LogP contribution in [0.15, 0.2) is 388 Å². The number of rotatable bonds is 41. The second kappa shape index (κ2) is 54.6. The van der Waals surface area contributed by atoms with Crippen LogP contribution in [0.3, 0.4) is 0 Å². The Balaban J connectivity index is 0.000000151. The van der Waals surface area contributed by atoms with Crippen LogP contribution in [0.1, 0.15) is 55.6 Å². The van der Waals surface area contributed by atoms with Gasteiger partial charge in [0.15, 0.2) is 0 Å². The van der Waals surface area contributed by atoms with E-state index in [1.54, 1.807) is 0 Å². The minimum atomic E-state index is 0.513. The molecule has 0 saturated carbocycles. The monoisotopic (exact) mass is 1670 g/mol. The molecule has 0 spiro atoms. The number of hydrogen-bond acceptors (Lipinski definition) is 13. The normalized spacial score (nSPS) is 10.6. The van der Waals surface area contributed by atoms with Crippen molar-refractivity contribution in [3.63, 3.8) is 0 Å². The third kappa shape index (κ3) is 36.1. The molecule has 0 heterocycles. The summed E-state index contributed by atoms with van der Waals surface area (Å²) in [6, 6.07) is 130. The summed E-state index contributed by atoms with van der Waals surface area (Å²) in [5.74, 6) is 5.86. The van der Waals surface area contributed by atoms with Gasteiger partial charge < -0.3 is 61.6 Å². The lowest BCUT2D eigenvalue weighted by Gasteiger charge is -2.10. The third-order valence-electron chi connectivity index (χ3n) is 19.1. The SMILES string of the molecule is Cc1ccc(COCCOc2ccc(OCCOCc3ccc(C)cc3)cc2)cc1.Cc1ccc(COCCOc2ccc3ccccc3c2)cc1.Clc1ccc(COCCOc2ccc(-c3ccccc3)cc2)cc1.c1ccc(COCCOc2ccc(-c3ccccc3)cc2)cc1.c1ccc(COCCOc2ccc(OCc3ccccc3)cc2)cc1. The molecular weight excluding hydrogens is 1560 g/mol. The molecule has 0 atom stereocenters. The molecule has 15 rings (SSSR count). The van der Waals surface area contributed by atoms with Crippen molar-refractivity contribution >= 4 is 22.4 Å². The highest BCUT2D eigenvalue weighted by atomic mass is 35.5. The van der Waals surface area contributed by atoms with E-state index in [2.05, 4.69) is 191 Å². The predicted octanol–water partition coefficient (Wildman–Crippen LogP) is 25.7. The maximum atomic E-state index is 5.85. The standard InChI is InChI=1S/C26H30O4.C22H22O3.C21H19ClO2.C21H20O2.C20H20O2/c1-21-3-7-23(8-4-21)19-27-15-17-29-25-11-13-26(14-12-25)30-18-16-28-20-24-9-5-22(2)6-10-24;1-3-7-19(8-4-1)17-23-15-16-24-21-11-13-22(14-12-21)25-18-20-9-5-2-6-10-20;22-20-10-6-17(7-11-20)16-23-14-15-24-21-12-8-19(9-13-21)18-4-2-1-3-5-18;1-3-7-18(8-4-1)17-22-15-16-23-21-13-11-20(12-14-21)19-9-5-2-6-10-19;1-16-6-8-17(9-7-16)15-21-12-13-22-20-11-10-18-4-2-3-5-19(18)14-20/h3-14H,15-20H2,1-2H3;1-14H,15-18H2;1-13H,14-16H2;1-14H,15-17H2;2-11,14H,12-13,15H2,1H3. The Kier molecular flexibility index (Phi) is 40.5. The third-order valence-corrected chi connectivity index (χ3v) is 19.3. The molecule has 0 unspecified atom stereocenters. The van der Waals surface area contributed by atoms with Crippen LogP contribution in [0.4, 0.5) is 0 Å². The first kappa shape index (κ1) is 91.9. The van der Waals surface area contributed by atoms with Crippen LogP contribution in [0.5, 0.6) is 40.2 Å². The Bertz CT molecular complexity index is 5240. The Morgan fingerprint density at radius 3 is 0.694 bits per heavy atom. The van der Waals surface area contributed by atoms with Crippen molar-refractivity contribution in [2.45, 2.75) is 67.0 Å². The van der Waals surface area contributed by atoms with Crippen LogP contribution < -0.4 is 33.2 Å². The average Bonchev–Trinajstić information content (AvgIpc) is 0.817. The van der Waals surface area contributed by atoms with Crippen molar-refractivity contribution in [3.8, 4) is 62.5 Å². The lowest BCUT2D eigenvalue weighted by atomic mass is 10.1. The number of hydrogen-bond donors (Lipinski definition) is 0. The smallest absolute Gasteiger partial charge is 0.120 e. The van der Waals surface area contributed by atoms with Crippen molar-refractivity contribution in [1.29, 1.82) is 0 Å². The van der Waals surface area contributed by atoms with Gasteiger partial charge in [0, 0.05) is 5.02 Å². The molecule has 0 aliphatic rings. The molecular formula is C110H111ClO13. The number of aryl methyl sites for hydroxylation is 3. The highest BCUT2D eigenvalue weighted by Gasteiger charge is 2.07. The molecule has 0 N–H and O–H groups in total. The fraction of sp³-hybridized carbons (Fsp3) is 0.200. The van der Waals surface area contributed by atoms with Gasteiger partial charge in [-0.15, -0.1) is 0 Å². The van der Waals surface area contributed by atoms with E-state index in [0.717, 1.165) is 56.4 Å². The lowest BCUT2D eigenvalue weighted by molar-refractivity contribution is 0.0878. The van der Waals surface area contributed by atoms with E-state index < -0.39 is 0 Å². The molecule has 0 radical (unpaired) electrons. The van der Waals surface area contributed by atoms with Crippen LogP contribution in [0.25, 0.3) is 33.0 Å². The predicted molar refractivity (Wildman–Crippen MR) is 500 cm³/mol. The van der Waals surface area contributed by atoms with Crippen molar-refractivity contribution in [2.24, 2.45) is 0 Å². The molecule has 0 amide bonds. The van der Waals surface area contributed by atoms with Crippen LogP contribution in [-0.4, -0.2) is 79.3 Å². The second-order valence-electron chi connectivity index (χ2n) is 29.0. The van der Waals surface area contributed by atoms with Crippen molar-refractivity contribution in [1.82, 2.24) is 0 Å². The summed E-state index contributed by atoms with van der Waals surface area (Å²) in [6.07, 6.45) is 0. The maximum absolute atomic E-state index is 5.85. The fourth-order valence-electron chi connectivity index (χ4n) is 12.2. The molecule has 124 heavy (non-hydrogen) atoms. The van der Waals surface area contributed by atoms with Crippen LogP contribution in [0.2, 0.25) is 5.02 Å². The average molecular weight is 1680 g/mol. The van der Waals surface area contributed by atoms with Gasteiger partial charge in [0.05, 0.1) is 79.3 Å². The summed E-state index contributed by atoms with van der Waals surface area (Å²) < 4.78 is 73.8. The Morgan fingerprint density at radius 2 is 0.387 bits per heavy atom. The first-order chi connectivity index (χ1) is 61.1. The van der Waals surface area contributed by atoms with E-state index in [0.29, 0.717) is 126 Å². The maximum Gasteiger partial charge on any atom is 0.120 e. The van der Waals surface area contributed by atoms with Gasteiger partial charge in [-0.25, -0.2) is 0 Å². The Morgan fingerprint density at radius 1 is 0.169 bits per heavy atom. The number of ether oxygens (including phenoxy) is 13. The first-order valence-electron chi connectivity index (χ1n) is 42.0. The number of benzene rings is 15. The van der Waals surface area contributed by atoms with E-state index in [4.69, 9.17) is 73.2 Å². The van der Waals surface area contributed by atoms with E-state index in [9.17, 15) is 0 Å². The molecule has 0 bridgehead atoms. The zero-order valence-electron chi connectivity index (χ0n) is 71.1. The highest BCUT2D eigenvalue weighted by Crippen LogP contribution is 2.27. The summed E-state index contributed by atoms with van der Waals surface area (Å²) in [5, 5.41) is 3.16. The topological polar surface area (TPSA) is 120 Å². The zero-order chi connectivity index (χ0) is 85.7. The van der Waals surface area contributed by atoms with E-state index >= 15 is 0 Å². The fourth-order valence-corrected chi connectivity index (χ4v) is 12.4. The van der Waals surface area contributed by atoms with Crippen LogP contribution in [-0.2, 0) is 74.7 Å². The lowest BCUT2D eigenvalue weighted by Crippen LogP contribution is -2.07. The van der Waals surface area contributed by atoms with Crippen LogP contribution >= 0.6 is 11.6 Å². The molecule has 15 aromatic carbocycles. The molecule has 14 heteroatoms. The molecule has 13 nitrogen and oxygen atoms in total. The van der Waals surface area contributed by atoms with Gasteiger partial charge in [-0.05, 0) is 190 Å². The zero-order valence-corrected chi connectivity index (χ0v) is 71.8. The molecule has 15 aromatic rings. The van der Waals surface area contributed by atoms with Gasteiger partial charge in [-0.1, -0.05) is 319 Å². The summed E-state index contributed by atoms with van der Waals surface area (Å²) >= 11 is 5.85. The quantitative estimate of drug-likeness (QED) is 0.0339. The first-order valence-corrected chi connectivity index (χ1v) is 42.4. The van der Waals surface area contributed by atoms with Gasteiger partial charge in [-0.3, -0.25) is 0 Å². The highest BCUT2D eigenvalue weighted by molar-refractivity contribution is 6.30. The molecule has 0 aromatic heterocycles. The minimum Gasteiger partial charge on any atom is -0.491 e. The summed E-state index contributed by atoms with van der Waals surface area (Å²) in [6.45, 7) is 17.0. The van der Waals surface area contributed by atoms with Gasteiger partial charge in [0.1, 0.15) is 86.5 Å². The van der Waals surface area contributed by atoms with Crippen molar-refractivity contribution < 1.29 is 61.6 Å². The van der Waals surface area contributed by atoms with Gasteiger partial charge in [0.2, 0.25) is 0 Å². The van der Waals surface area contributed by atoms with Gasteiger partial charge in [0.25, 0.3) is 0 Å². The van der Waals surface area contributed by atoms with Crippen molar-refractivity contribution in [3.05, 3.63) is 449 Å². The second-order valence-corrected chi connectivity index (χ2v) is 29.4. The van der Waals surface area contributed by atoms with Crippen LogP contribution in [0, 0.1) is 20.8 Å². The summed E-state index contributed by atoms with van der Waals surface area (Å²) in [5.41, 5.74) is 16.7. The van der Waals surface area contributed by atoms with E-state index in [1.165, 1.54) is 77.5 Å². The molecule has 0 aliphatic carbocycles. The van der Waals surface area contributed by atoms with E-state index in [-0.39, 0.29) is 0 Å². The molecule has 636 valence electrons. The Hall–Kier alpha value is -12.8. The largest absolute Gasteiger partial charge is 0.491 e. The summed E-state index contributed by atoms with van der Waals surface area (Å²) in [4.78, 5) is 0. The Labute approximate surface area is 737 Å². The molecule has 0 saturated heterocycles. The molecule has 0 aliphatic heterocycles. The van der Waals surface area contributed by atoms with Gasteiger partial charge >= 0.3 is 0 Å².